The molecule has 2 atom stereocenters. The van der Waals surface area contributed by atoms with Crippen molar-refractivity contribution >= 4 is 29.0 Å². The second kappa shape index (κ2) is 8.40. The highest BCUT2D eigenvalue weighted by atomic mass is 32.1. The summed E-state index contributed by atoms with van der Waals surface area (Å²) < 4.78 is 6.26. The Morgan fingerprint density at radius 2 is 1.76 bits per heavy atom. The number of nitrogens with one attached hydrogen (secondary N) is 1. The van der Waals surface area contributed by atoms with Gasteiger partial charge in [0.1, 0.15) is 23.3 Å². The second-order valence-corrected chi connectivity index (χ2v) is 7.98. The van der Waals surface area contributed by atoms with Crippen molar-refractivity contribution in [2.24, 2.45) is 0 Å². The molecule has 3 N–H and O–H groups in total. The van der Waals surface area contributed by atoms with E-state index in [1.807, 2.05) is 35.2 Å². The maximum absolute atomic E-state index is 11.2. The maximum Gasteiger partial charge on any atom is 0.335 e. The summed E-state index contributed by atoms with van der Waals surface area (Å²) in [5.74, 6) is 0.475. The van der Waals surface area contributed by atoms with Crippen LogP contribution in [0.5, 0.6) is 5.75 Å². The van der Waals surface area contributed by atoms with E-state index in [9.17, 15) is 9.90 Å². The number of furan rings is 1. The topological polar surface area (TPSA) is 98.8 Å². The number of benzene rings is 2. The molecule has 2 aromatic heterocycles. The molecule has 164 valence electrons. The highest BCUT2D eigenvalue weighted by molar-refractivity contribution is 7.80. The molecular weight excluding hydrogens is 438 g/mol. The number of nitrogens with zero attached hydrogens (tertiary/aromatic N) is 2. The Bertz CT molecular complexity index is 1300. The van der Waals surface area contributed by atoms with Crippen molar-refractivity contribution in [1.29, 1.82) is 0 Å². The first kappa shape index (κ1) is 20.7. The number of carboxylic acids is 1. The predicted octanol–water partition coefficient (Wildman–Crippen LogP) is 4.92. The summed E-state index contributed by atoms with van der Waals surface area (Å²) in [5.41, 5.74) is 2.60. The van der Waals surface area contributed by atoms with E-state index >= 15 is 0 Å². The molecule has 1 saturated heterocycles. The Kier molecular flexibility index (Phi) is 5.27. The average Bonchev–Trinajstić information content (AvgIpc) is 3.45. The van der Waals surface area contributed by atoms with E-state index in [-0.39, 0.29) is 23.4 Å². The van der Waals surface area contributed by atoms with E-state index < -0.39 is 5.97 Å². The molecule has 2 aromatic carbocycles. The van der Waals surface area contributed by atoms with Gasteiger partial charge in [-0.05, 0) is 72.9 Å². The number of aromatic nitrogens is 1. The van der Waals surface area contributed by atoms with Crippen LogP contribution in [-0.4, -0.2) is 26.3 Å². The van der Waals surface area contributed by atoms with E-state index in [1.54, 1.807) is 54.7 Å². The summed E-state index contributed by atoms with van der Waals surface area (Å²) in [6.07, 6.45) is 1.73. The lowest BCUT2D eigenvalue weighted by molar-refractivity contribution is 0.0697. The molecule has 1 aliphatic heterocycles. The SMILES string of the molecule is O=C(O)c1ccc(-c2ccc([C@@H]3[C@@H](c4ccccn4)NC(=S)N3c3ccc(O)cc3)o2)cc1. The van der Waals surface area contributed by atoms with Gasteiger partial charge in [-0.25, -0.2) is 4.79 Å². The maximum atomic E-state index is 11.2. The molecule has 1 fully saturated rings. The standard InChI is InChI=1S/C25H19N3O4S/c29-18-10-8-17(9-11-18)28-23(22(27-25(28)33)19-3-1-2-14-26-19)21-13-12-20(32-21)15-4-6-16(7-5-15)24(30)31/h1-14,22-23,29H,(H,27,33)(H,30,31)/t22-,23-/m1/s1. The molecule has 0 bridgehead atoms. The van der Waals surface area contributed by atoms with Gasteiger partial charge in [-0.2, -0.15) is 0 Å². The smallest absolute Gasteiger partial charge is 0.335 e. The fraction of sp³-hybridized carbons (Fsp3) is 0.0800. The molecule has 0 aliphatic carbocycles. The summed E-state index contributed by atoms with van der Waals surface area (Å²) in [6, 6.07) is 22.2. The van der Waals surface area contributed by atoms with Crippen molar-refractivity contribution < 1.29 is 19.4 Å². The van der Waals surface area contributed by atoms with Crippen molar-refractivity contribution in [3.8, 4) is 17.1 Å². The fourth-order valence-corrected chi connectivity index (χ4v) is 4.33. The highest BCUT2D eigenvalue weighted by Gasteiger charge is 2.42. The zero-order chi connectivity index (χ0) is 22.9. The van der Waals surface area contributed by atoms with Gasteiger partial charge in [0.05, 0.1) is 17.3 Å². The normalized spacial score (nSPS) is 17.7. The van der Waals surface area contributed by atoms with Crippen LogP contribution in [0.2, 0.25) is 0 Å². The predicted molar refractivity (Wildman–Crippen MR) is 127 cm³/mol. The van der Waals surface area contributed by atoms with Gasteiger partial charge in [-0.3, -0.25) is 4.98 Å². The Balaban J connectivity index is 1.56. The summed E-state index contributed by atoms with van der Waals surface area (Å²) >= 11 is 5.68. The highest BCUT2D eigenvalue weighted by Crippen LogP contribution is 2.43. The first-order valence-electron chi connectivity index (χ1n) is 10.2. The molecule has 0 spiro atoms. The van der Waals surface area contributed by atoms with Crippen LogP contribution in [0.25, 0.3) is 11.3 Å². The lowest BCUT2D eigenvalue weighted by Gasteiger charge is -2.26. The molecule has 0 radical (unpaired) electrons. The van der Waals surface area contributed by atoms with Crippen molar-refractivity contribution in [2.45, 2.75) is 12.1 Å². The molecule has 4 aromatic rings. The van der Waals surface area contributed by atoms with Gasteiger partial charge in [0.2, 0.25) is 0 Å². The van der Waals surface area contributed by atoms with Crippen LogP contribution in [0.3, 0.4) is 0 Å². The Morgan fingerprint density at radius 3 is 2.42 bits per heavy atom. The Hall–Kier alpha value is -4.17. The quantitative estimate of drug-likeness (QED) is 0.363. The molecule has 5 rings (SSSR count). The third-order valence-electron chi connectivity index (χ3n) is 5.56. The zero-order valence-electron chi connectivity index (χ0n) is 17.3. The van der Waals surface area contributed by atoms with Crippen molar-refractivity contribution in [1.82, 2.24) is 10.3 Å². The molecule has 0 saturated carbocycles. The molecular formula is C25H19N3O4S. The lowest BCUT2D eigenvalue weighted by atomic mass is 10.0. The van der Waals surface area contributed by atoms with E-state index in [0.29, 0.717) is 16.6 Å². The lowest BCUT2D eigenvalue weighted by Crippen LogP contribution is -2.29. The Labute approximate surface area is 194 Å². The molecule has 0 amide bonds. The van der Waals surface area contributed by atoms with E-state index in [1.165, 1.54) is 0 Å². The average molecular weight is 458 g/mol. The minimum absolute atomic E-state index is 0.166. The fourth-order valence-electron chi connectivity index (χ4n) is 3.98. The van der Waals surface area contributed by atoms with Crippen molar-refractivity contribution in [3.63, 3.8) is 0 Å². The number of aromatic carboxylic acids is 1. The van der Waals surface area contributed by atoms with E-state index in [4.69, 9.17) is 21.7 Å². The largest absolute Gasteiger partial charge is 0.508 e. The van der Waals surface area contributed by atoms with Gasteiger partial charge in [0, 0.05) is 17.4 Å². The number of hydrogen-bond donors (Lipinski definition) is 3. The third kappa shape index (κ3) is 3.92. The van der Waals surface area contributed by atoms with E-state index in [2.05, 4.69) is 10.3 Å². The molecule has 3 heterocycles. The monoisotopic (exact) mass is 457 g/mol. The minimum atomic E-state index is -0.977. The number of thiocarbonyl (C=S) groups is 1. The number of carboxylic acid groups (broad SMARTS) is 1. The number of phenols is 1. The van der Waals surface area contributed by atoms with Crippen LogP contribution >= 0.6 is 12.2 Å². The van der Waals surface area contributed by atoms with Gasteiger partial charge < -0.3 is 24.8 Å². The number of aromatic hydroxyl groups is 1. The molecule has 0 unspecified atom stereocenters. The van der Waals surface area contributed by atoms with Crippen LogP contribution in [0.1, 0.15) is 33.9 Å². The molecule has 33 heavy (non-hydrogen) atoms. The second-order valence-electron chi connectivity index (χ2n) is 7.60. The summed E-state index contributed by atoms with van der Waals surface area (Å²) in [7, 11) is 0. The van der Waals surface area contributed by atoms with Crippen molar-refractivity contribution in [3.05, 3.63) is 102 Å². The van der Waals surface area contributed by atoms with Crippen LogP contribution in [0, 0.1) is 0 Å². The summed E-state index contributed by atoms with van der Waals surface area (Å²) in [6.45, 7) is 0. The van der Waals surface area contributed by atoms with Gasteiger partial charge in [0.25, 0.3) is 0 Å². The van der Waals surface area contributed by atoms with Crippen LogP contribution in [-0.2, 0) is 0 Å². The number of hydrogen-bond acceptors (Lipinski definition) is 5. The number of rotatable bonds is 5. The first-order valence-corrected chi connectivity index (χ1v) is 10.7. The number of phenolic OH excluding ortho intramolecular Hbond substituents is 1. The Morgan fingerprint density at radius 1 is 1.00 bits per heavy atom. The number of anilines is 1. The minimum Gasteiger partial charge on any atom is -0.508 e. The molecule has 1 aliphatic rings. The molecule has 8 heteroatoms. The number of carbonyl (C=O) groups is 1. The van der Waals surface area contributed by atoms with E-state index in [0.717, 1.165) is 16.9 Å². The van der Waals surface area contributed by atoms with Crippen LogP contribution in [0.4, 0.5) is 5.69 Å². The summed E-state index contributed by atoms with van der Waals surface area (Å²) in [5, 5.41) is 22.7. The zero-order valence-corrected chi connectivity index (χ0v) is 18.1. The van der Waals surface area contributed by atoms with Gasteiger partial charge in [0.15, 0.2) is 5.11 Å². The number of pyridine rings is 1. The summed E-state index contributed by atoms with van der Waals surface area (Å²) in [4.78, 5) is 17.6. The third-order valence-corrected chi connectivity index (χ3v) is 5.88. The van der Waals surface area contributed by atoms with Gasteiger partial charge in [-0.1, -0.05) is 18.2 Å². The van der Waals surface area contributed by atoms with Crippen molar-refractivity contribution in [2.75, 3.05) is 4.90 Å². The van der Waals surface area contributed by atoms with Gasteiger partial charge >= 0.3 is 5.97 Å². The van der Waals surface area contributed by atoms with Crippen LogP contribution in [0.15, 0.2) is 89.5 Å². The molecule has 7 nitrogen and oxygen atoms in total. The first-order chi connectivity index (χ1) is 16.0. The van der Waals surface area contributed by atoms with Gasteiger partial charge in [-0.15, -0.1) is 0 Å². The van der Waals surface area contributed by atoms with Crippen LogP contribution < -0.4 is 10.2 Å².